The summed E-state index contributed by atoms with van der Waals surface area (Å²) in [6.45, 7) is 12.2. The Hall–Kier alpha value is -5.51. The molecule has 8 rings (SSSR count). The predicted octanol–water partition coefficient (Wildman–Crippen LogP) is 13.1. The number of hydrogen-bond acceptors (Lipinski definition) is 12. The molecular weight excluding hydrogens is 1010 g/mol. The summed E-state index contributed by atoms with van der Waals surface area (Å²) < 4.78 is 184. The van der Waals surface area contributed by atoms with Gasteiger partial charge < -0.3 is 56.8 Å². The normalized spacial score (nSPS) is 26.6. The Labute approximate surface area is 429 Å². The summed E-state index contributed by atoms with van der Waals surface area (Å²) in [6.07, 6.45) is -20.8. The number of benzene rings is 4. The molecule has 4 aliphatic heterocycles. The second-order valence-corrected chi connectivity index (χ2v) is 20.1. The molecule has 75 heavy (non-hydrogen) atoms. The quantitative estimate of drug-likeness (QED) is 0.0699. The molecule has 0 radical (unpaired) electrons. The average molecular weight is 1080 g/mol. The van der Waals surface area contributed by atoms with Crippen molar-refractivity contribution in [3.63, 3.8) is 0 Å². The van der Waals surface area contributed by atoms with Crippen LogP contribution in [0.4, 0.5) is 39.5 Å². The lowest BCUT2D eigenvalue weighted by Gasteiger charge is -2.52. The molecule has 0 N–H and O–H groups in total. The molecule has 10 unspecified atom stereocenters. The molecule has 21 heteroatoms. The summed E-state index contributed by atoms with van der Waals surface area (Å²) in [5, 5.41) is 0. The van der Waals surface area contributed by atoms with Crippen molar-refractivity contribution in [1.29, 1.82) is 0 Å². The number of ether oxygens (including phenoxy) is 12. The van der Waals surface area contributed by atoms with E-state index in [0.717, 1.165) is 5.56 Å². The van der Waals surface area contributed by atoms with Crippen LogP contribution in [0, 0.1) is 22.7 Å². The van der Waals surface area contributed by atoms with Gasteiger partial charge in [0.05, 0.1) is 59.0 Å². The van der Waals surface area contributed by atoms with Crippen molar-refractivity contribution in [3.05, 3.63) is 95.1 Å². The maximum atomic E-state index is 13.2. The molecule has 414 valence electrons. The SMILES string of the molecule is COc1ccc(C2OC(C(F)(F)F)C2(C)C)cc1OCCOc1cc(C2OC(C(F)(F)F)C2(C)C)ccc1OC.COc1ccc(C2OC(C)C2C)cc1OCCOc1cc(C2OC(C(F)(F)F)C2C)ccc1OC. The third kappa shape index (κ3) is 12.1. The fourth-order valence-electron chi connectivity index (χ4n) is 9.88. The highest BCUT2D eigenvalue weighted by atomic mass is 19.4. The zero-order valence-corrected chi connectivity index (χ0v) is 43.3. The Balaban J connectivity index is 0.000000221. The van der Waals surface area contributed by atoms with Gasteiger partial charge in [-0.1, -0.05) is 65.8 Å². The highest BCUT2D eigenvalue weighted by molar-refractivity contribution is 5.47. The lowest BCUT2D eigenvalue weighted by Crippen LogP contribution is -2.57. The van der Waals surface area contributed by atoms with Crippen LogP contribution >= 0.6 is 0 Å². The first-order valence-electron chi connectivity index (χ1n) is 24.2. The summed E-state index contributed by atoms with van der Waals surface area (Å²) in [5.74, 6) is 3.11. The molecule has 12 nitrogen and oxygen atoms in total. The highest BCUT2D eigenvalue weighted by Gasteiger charge is 2.64. The fourth-order valence-corrected chi connectivity index (χ4v) is 9.88. The largest absolute Gasteiger partial charge is 0.493 e. The van der Waals surface area contributed by atoms with E-state index < -0.39 is 71.9 Å². The number of methoxy groups -OCH3 is 4. The maximum Gasteiger partial charge on any atom is 0.415 e. The summed E-state index contributed by atoms with van der Waals surface area (Å²) >= 11 is 0. The Kier molecular flexibility index (Phi) is 16.9. The minimum absolute atomic E-state index is 0.0227. The smallest absolute Gasteiger partial charge is 0.415 e. The van der Waals surface area contributed by atoms with E-state index in [-0.39, 0.29) is 38.6 Å². The Morgan fingerprint density at radius 3 is 0.960 bits per heavy atom. The van der Waals surface area contributed by atoms with Gasteiger partial charge in [0.1, 0.15) is 26.4 Å². The molecule has 0 amide bonds. The zero-order valence-electron chi connectivity index (χ0n) is 43.3. The van der Waals surface area contributed by atoms with E-state index in [1.54, 1.807) is 61.7 Å². The van der Waals surface area contributed by atoms with E-state index in [9.17, 15) is 39.5 Å². The molecule has 4 aliphatic rings. The van der Waals surface area contributed by atoms with Crippen molar-refractivity contribution in [2.75, 3.05) is 54.9 Å². The minimum atomic E-state index is -4.47. The van der Waals surface area contributed by atoms with Crippen LogP contribution in [-0.4, -0.2) is 97.8 Å². The van der Waals surface area contributed by atoms with Crippen LogP contribution in [0.3, 0.4) is 0 Å². The van der Waals surface area contributed by atoms with Gasteiger partial charge in [0.25, 0.3) is 0 Å². The standard InChI is InChI=1S/C28H32F6O6.C26H31F3O6/c1-25(2)21(39-23(25)27(29,30)31)15-7-9-17(35-5)19(13-15)37-11-12-38-20-14-16(8-10-18(20)36-6)22-26(3,4)24(40-22)28(32,33)34;1-14-16(3)34-23(14)17-6-8-19(30-4)21(12-17)32-10-11-33-22-13-18(7-9-20(22)31-5)24-15(2)25(35-24)26(27,28)29/h7-10,13-14,21-24H,11-12H2,1-6H3;6-9,12-16,23-25H,10-11H2,1-5H3. The third-order valence-electron chi connectivity index (χ3n) is 14.2. The monoisotopic (exact) mass is 1070 g/mol. The molecule has 4 aromatic carbocycles. The second kappa shape index (κ2) is 22.2. The molecule has 0 spiro atoms. The second-order valence-electron chi connectivity index (χ2n) is 20.1. The van der Waals surface area contributed by atoms with E-state index in [4.69, 9.17) is 56.8 Å². The van der Waals surface area contributed by atoms with Gasteiger partial charge in [-0.05, 0) is 77.7 Å². The van der Waals surface area contributed by atoms with Crippen molar-refractivity contribution in [2.24, 2.45) is 22.7 Å². The maximum absolute atomic E-state index is 13.2. The van der Waals surface area contributed by atoms with Gasteiger partial charge in [0.2, 0.25) is 0 Å². The first kappa shape index (κ1) is 57.2. The summed E-state index contributed by atoms with van der Waals surface area (Å²) in [7, 11) is 5.95. The van der Waals surface area contributed by atoms with Crippen LogP contribution in [0.2, 0.25) is 0 Å². The van der Waals surface area contributed by atoms with Crippen LogP contribution < -0.4 is 37.9 Å². The Bertz CT molecular complexity index is 2490. The van der Waals surface area contributed by atoms with Crippen molar-refractivity contribution in [2.45, 2.75) is 116 Å². The van der Waals surface area contributed by atoms with Crippen LogP contribution in [0.25, 0.3) is 0 Å². The number of alkyl halides is 9. The molecular formula is C54H63F9O12. The van der Waals surface area contributed by atoms with Crippen LogP contribution in [0.1, 0.15) is 95.1 Å². The molecule has 4 fully saturated rings. The van der Waals surface area contributed by atoms with E-state index in [0.29, 0.717) is 68.6 Å². The number of rotatable bonds is 18. The van der Waals surface area contributed by atoms with Gasteiger partial charge in [-0.25, -0.2) is 0 Å². The lowest BCUT2D eigenvalue weighted by molar-refractivity contribution is -0.351. The van der Waals surface area contributed by atoms with E-state index >= 15 is 0 Å². The van der Waals surface area contributed by atoms with Gasteiger partial charge in [-0.3, -0.25) is 0 Å². The zero-order chi connectivity index (χ0) is 55.0. The van der Waals surface area contributed by atoms with Crippen LogP contribution in [0.5, 0.6) is 46.0 Å². The summed E-state index contributed by atoms with van der Waals surface area (Å²) in [6, 6.07) is 20.3. The van der Waals surface area contributed by atoms with E-state index in [1.165, 1.54) is 55.9 Å². The summed E-state index contributed by atoms with van der Waals surface area (Å²) in [5.41, 5.74) is 0.302. The first-order chi connectivity index (χ1) is 35.1. The van der Waals surface area contributed by atoms with Gasteiger partial charge in [-0.15, -0.1) is 0 Å². The van der Waals surface area contributed by atoms with Gasteiger partial charge in [-0.2, -0.15) is 39.5 Å². The molecule has 0 bridgehead atoms. The van der Waals surface area contributed by atoms with E-state index in [1.807, 2.05) is 18.2 Å². The highest BCUT2D eigenvalue weighted by Crippen LogP contribution is 2.58. The van der Waals surface area contributed by atoms with Crippen molar-refractivity contribution in [1.82, 2.24) is 0 Å². The molecule has 0 saturated carbocycles. The lowest BCUT2D eigenvalue weighted by atomic mass is 9.72. The van der Waals surface area contributed by atoms with Crippen molar-refractivity contribution >= 4 is 0 Å². The molecule has 4 saturated heterocycles. The van der Waals surface area contributed by atoms with Crippen LogP contribution in [0.15, 0.2) is 72.8 Å². The first-order valence-corrected chi connectivity index (χ1v) is 24.2. The van der Waals surface area contributed by atoms with Gasteiger partial charge >= 0.3 is 18.5 Å². The van der Waals surface area contributed by atoms with Gasteiger partial charge in [0.15, 0.2) is 64.3 Å². The molecule has 10 atom stereocenters. The Morgan fingerprint density at radius 2 is 0.707 bits per heavy atom. The number of hydrogen-bond donors (Lipinski definition) is 0. The van der Waals surface area contributed by atoms with Crippen LogP contribution in [-0.2, 0) is 18.9 Å². The fraction of sp³-hybridized carbons (Fsp3) is 0.556. The molecule has 4 heterocycles. The number of halogens is 9. The third-order valence-corrected chi connectivity index (χ3v) is 14.2. The predicted molar refractivity (Wildman–Crippen MR) is 254 cm³/mol. The average Bonchev–Trinajstić information content (AvgIpc) is 3.33. The molecule has 4 aromatic rings. The molecule has 0 aliphatic carbocycles. The minimum Gasteiger partial charge on any atom is -0.493 e. The topological polar surface area (TPSA) is 111 Å². The van der Waals surface area contributed by atoms with Crippen molar-refractivity contribution in [3.8, 4) is 46.0 Å². The van der Waals surface area contributed by atoms with E-state index in [2.05, 4.69) is 13.8 Å². The Morgan fingerprint density at radius 1 is 0.400 bits per heavy atom. The molecule has 0 aromatic heterocycles. The van der Waals surface area contributed by atoms with Crippen molar-refractivity contribution < 1.29 is 96.4 Å². The van der Waals surface area contributed by atoms with Gasteiger partial charge in [0, 0.05) is 22.7 Å². The summed E-state index contributed by atoms with van der Waals surface area (Å²) in [4.78, 5) is 0.